The minimum absolute atomic E-state index is 0.0112. The van der Waals surface area contributed by atoms with Crippen molar-refractivity contribution in [3.05, 3.63) is 60.8 Å². The number of pyridine rings is 1. The van der Waals surface area contributed by atoms with Crippen LogP contribution in [0.2, 0.25) is 0 Å². The highest BCUT2D eigenvalue weighted by atomic mass is 16.2. The lowest BCUT2D eigenvalue weighted by Gasteiger charge is -2.09. The molecule has 0 aliphatic carbocycles. The van der Waals surface area contributed by atoms with Gasteiger partial charge in [0.1, 0.15) is 0 Å². The molecular weight excluding hydrogens is 340 g/mol. The predicted octanol–water partition coefficient (Wildman–Crippen LogP) is 3.49. The van der Waals surface area contributed by atoms with Crippen LogP contribution in [0.3, 0.4) is 0 Å². The van der Waals surface area contributed by atoms with Crippen molar-refractivity contribution in [2.75, 3.05) is 22.9 Å². The summed E-state index contributed by atoms with van der Waals surface area (Å²) in [5.41, 5.74) is 11.0. The second kappa shape index (κ2) is 5.84. The van der Waals surface area contributed by atoms with Gasteiger partial charge in [-0.05, 0) is 35.9 Å². The number of hydrogen-bond donors (Lipinski definition) is 3. The van der Waals surface area contributed by atoms with Crippen LogP contribution in [0.25, 0.3) is 22.2 Å². The minimum Gasteiger partial charge on any atom is -0.396 e. The van der Waals surface area contributed by atoms with Crippen molar-refractivity contribution < 1.29 is 4.79 Å². The molecule has 0 radical (unpaired) electrons. The van der Waals surface area contributed by atoms with Crippen LogP contribution in [0.15, 0.2) is 60.8 Å². The molecule has 1 aliphatic heterocycles. The first kappa shape index (κ1) is 15.4. The summed E-state index contributed by atoms with van der Waals surface area (Å²) in [5, 5.41) is 6.25. The number of benzene rings is 2. The smallest absolute Gasteiger partial charge is 0.253 e. The molecule has 0 fully saturated rings. The Bertz CT molecular complexity index is 1180. The topological polar surface area (TPSA) is 97.9 Å². The van der Waals surface area contributed by atoms with E-state index < -0.39 is 0 Å². The van der Waals surface area contributed by atoms with Crippen molar-refractivity contribution >= 4 is 40.1 Å². The highest BCUT2D eigenvalue weighted by Gasteiger charge is 2.24. The SMILES string of the molecule is Nc1cccnc1Nc1ccc(-c2cccc3c2nc2n3C(=O)CN2)cc1. The monoisotopic (exact) mass is 356 g/mol. The summed E-state index contributed by atoms with van der Waals surface area (Å²) in [7, 11) is 0. The summed E-state index contributed by atoms with van der Waals surface area (Å²) in [6.07, 6.45) is 1.70. The molecule has 7 nitrogen and oxygen atoms in total. The first-order valence-corrected chi connectivity index (χ1v) is 8.57. The van der Waals surface area contributed by atoms with E-state index in [-0.39, 0.29) is 5.91 Å². The van der Waals surface area contributed by atoms with Gasteiger partial charge in [-0.25, -0.2) is 14.5 Å². The molecule has 4 N–H and O–H groups in total. The molecule has 0 saturated heterocycles. The van der Waals surface area contributed by atoms with Crippen LogP contribution < -0.4 is 16.4 Å². The normalized spacial score (nSPS) is 12.8. The van der Waals surface area contributed by atoms with E-state index in [4.69, 9.17) is 5.73 Å². The fourth-order valence-electron chi connectivity index (χ4n) is 3.33. The van der Waals surface area contributed by atoms with Gasteiger partial charge in [-0.15, -0.1) is 0 Å². The second-order valence-corrected chi connectivity index (χ2v) is 6.34. The molecule has 0 atom stereocenters. The van der Waals surface area contributed by atoms with Crippen LogP contribution >= 0.6 is 0 Å². The summed E-state index contributed by atoms with van der Waals surface area (Å²) in [5.74, 6) is 1.24. The fourth-order valence-corrected chi connectivity index (χ4v) is 3.33. The van der Waals surface area contributed by atoms with Crippen LogP contribution in [-0.4, -0.2) is 27.0 Å². The predicted molar refractivity (Wildman–Crippen MR) is 106 cm³/mol. The number of carbonyl (C=O) groups is 1. The van der Waals surface area contributed by atoms with Crippen molar-refractivity contribution in [2.24, 2.45) is 0 Å². The van der Waals surface area contributed by atoms with Gasteiger partial charge in [-0.3, -0.25) is 4.79 Å². The number of fused-ring (bicyclic) bond motifs is 3. The van der Waals surface area contributed by atoms with Gasteiger partial charge in [-0.1, -0.05) is 24.3 Å². The van der Waals surface area contributed by atoms with E-state index in [2.05, 4.69) is 20.6 Å². The average molecular weight is 356 g/mol. The summed E-state index contributed by atoms with van der Waals surface area (Å²) in [6, 6.07) is 17.4. The molecule has 5 rings (SSSR count). The molecule has 27 heavy (non-hydrogen) atoms. The van der Waals surface area contributed by atoms with E-state index in [1.54, 1.807) is 22.9 Å². The maximum atomic E-state index is 12.1. The number of imidazole rings is 1. The quantitative estimate of drug-likeness (QED) is 0.520. The lowest BCUT2D eigenvalue weighted by Crippen LogP contribution is -2.08. The van der Waals surface area contributed by atoms with E-state index in [9.17, 15) is 4.79 Å². The van der Waals surface area contributed by atoms with Crippen molar-refractivity contribution in [1.82, 2.24) is 14.5 Å². The number of nitrogens with two attached hydrogens (primary N) is 1. The summed E-state index contributed by atoms with van der Waals surface area (Å²) < 4.78 is 1.64. The third-order valence-electron chi connectivity index (χ3n) is 4.63. The maximum absolute atomic E-state index is 12.1. The zero-order chi connectivity index (χ0) is 18.4. The highest BCUT2D eigenvalue weighted by Crippen LogP contribution is 2.32. The van der Waals surface area contributed by atoms with Gasteiger partial charge in [0.25, 0.3) is 5.91 Å². The van der Waals surface area contributed by atoms with Crippen LogP contribution in [0, 0.1) is 0 Å². The van der Waals surface area contributed by atoms with E-state index in [0.29, 0.717) is 24.0 Å². The van der Waals surface area contributed by atoms with E-state index >= 15 is 0 Å². The minimum atomic E-state index is 0.0112. The molecule has 2 aromatic carbocycles. The summed E-state index contributed by atoms with van der Waals surface area (Å²) in [6.45, 7) is 0.291. The molecule has 4 aromatic rings. The number of nitrogens with one attached hydrogen (secondary N) is 2. The van der Waals surface area contributed by atoms with Gasteiger partial charge in [0.2, 0.25) is 5.95 Å². The van der Waals surface area contributed by atoms with Gasteiger partial charge in [0.05, 0.1) is 23.3 Å². The average Bonchev–Trinajstić information content (AvgIpc) is 3.24. The third-order valence-corrected chi connectivity index (χ3v) is 4.63. The van der Waals surface area contributed by atoms with Gasteiger partial charge >= 0.3 is 0 Å². The molecule has 3 heterocycles. The lowest BCUT2D eigenvalue weighted by molar-refractivity contribution is 0.0948. The van der Waals surface area contributed by atoms with Crippen molar-refractivity contribution in [3.8, 4) is 11.1 Å². The Hall–Kier alpha value is -3.87. The van der Waals surface area contributed by atoms with Gasteiger partial charge in [0.15, 0.2) is 5.82 Å². The van der Waals surface area contributed by atoms with Crippen molar-refractivity contribution in [2.45, 2.75) is 0 Å². The number of para-hydroxylation sites is 1. The zero-order valence-electron chi connectivity index (χ0n) is 14.3. The Balaban J connectivity index is 1.52. The van der Waals surface area contributed by atoms with E-state index in [1.165, 1.54) is 0 Å². The van der Waals surface area contributed by atoms with Gasteiger partial charge in [0, 0.05) is 17.4 Å². The number of anilines is 4. The van der Waals surface area contributed by atoms with E-state index in [0.717, 1.165) is 27.8 Å². The molecule has 0 unspecified atom stereocenters. The molecule has 0 bridgehead atoms. The molecule has 0 saturated carbocycles. The number of nitrogens with zero attached hydrogens (tertiary/aromatic N) is 3. The molecule has 2 aromatic heterocycles. The molecule has 1 aliphatic rings. The summed E-state index contributed by atoms with van der Waals surface area (Å²) >= 11 is 0. The Morgan fingerprint density at radius 3 is 2.74 bits per heavy atom. The number of aromatic nitrogens is 3. The third kappa shape index (κ3) is 2.48. The largest absolute Gasteiger partial charge is 0.396 e. The molecule has 0 spiro atoms. The number of nitrogen functional groups attached to an aromatic ring is 1. The van der Waals surface area contributed by atoms with Crippen LogP contribution in [0.4, 0.5) is 23.1 Å². The lowest BCUT2D eigenvalue weighted by atomic mass is 10.0. The first-order chi connectivity index (χ1) is 13.2. The first-order valence-electron chi connectivity index (χ1n) is 8.57. The molecular formula is C20H16N6O. The fraction of sp³-hybridized carbons (Fsp3) is 0.0500. The molecule has 7 heteroatoms. The van der Waals surface area contributed by atoms with Crippen molar-refractivity contribution in [1.29, 1.82) is 0 Å². The van der Waals surface area contributed by atoms with Crippen LogP contribution in [0.5, 0.6) is 0 Å². The Kier molecular flexibility index (Phi) is 3.33. The van der Waals surface area contributed by atoms with Crippen LogP contribution in [0.1, 0.15) is 4.79 Å². The standard InChI is InChI=1S/C20H16N6O/c21-15-4-2-10-22-19(15)24-13-8-6-12(7-9-13)14-3-1-5-16-18(14)25-20-23-11-17(27)26(16)20/h1-10H,11,21H2,(H,22,24)(H,23,25). The Morgan fingerprint density at radius 1 is 1.07 bits per heavy atom. The number of carbonyl (C=O) groups excluding carboxylic acids is 1. The Morgan fingerprint density at radius 2 is 1.93 bits per heavy atom. The number of rotatable bonds is 3. The number of hydrogen-bond acceptors (Lipinski definition) is 6. The highest BCUT2D eigenvalue weighted by molar-refractivity contribution is 6.03. The van der Waals surface area contributed by atoms with Crippen LogP contribution in [-0.2, 0) is 0 Å². The molecule has 132 valence electrons. The van der Waals surface area contributed by atoms with E-state index in [1.807, 2.05) is 42.5 Å². The maximum Gasteiger partial charge on any atom is 0.253 e. The van der Waals surface area contributed by atoms with Crippen molar-refractivity contribution in [3.63, 3.8) is 0 Å². The molecule has 0 amide bonds. The second-order valence-electron chi connectivity index (χ2n) is 6.34. The summed E-state index contributed by atoms with van der Waals surface area (Å²) in [4.78, 5) is 20.9. The zero-order valence-corrected chi connectivity index (χ0v) is 14.3. The Labute approximate surface area is 154 Å². The van der Waals surface area contributed by atoms with Gasteiger partial charge in [-0.2, -0.15) is 0 Å². The van der Waals surface area contributed by atoms with Gasteiger partial charge < -0.3 is 16.4 Å².